The van der Waals surface area contributed by atoms with Crippen molar-refractivity contribution in [2.45, 2.75) is 12.5 Å². The summed E-state index contributed by atoms with van der Waals surface area (Å²) in [4.78, 5) is 17.7. The molecule has 1 aliphatic heterocycles. The second kappa shape index (κ2) is 6.43. The molecule has 3 heterocycles. The van der Waals surface area contributed by atoms with Gasteiger partial charge in [0.2, 0.25) is 5.88 Å². The molecule has 1 aliphatic rings. The first-order valence-corrected chi connectivity index (χ1v) is 8.13. The third kappa shape index (κ3) is 3.13. The number of hydrogen-bond acceptors (Lipinski definition) is 5. The van der Waals surface area contributed by atoms with E-state index in [9.17, 15) is 4.79 Å². The normalized spacial score (nSPS) is 17.0. The molecule has 1 fully saturated rings. The highest BCUT2D eigenvalue weighted by molar-refractivity contribution is 5.98. The predicted molar refractivity (Wildman–Crippen MR) is 91.8 cm³/mol. The van der Waals surface area contributed by atoms with Gasteiger partial charge in [-0.05, 0) is 24.3 Å². The van der Waals surface area contributed by atoms with Crippen molar-refractivity contribution >= 4 is 16.8 Å². The van der Waals surface area contributed by atoms with Crippen molar-refractivity contribution in [3.8, 4) is 11.6 Å². The van der Waals surface area contributed by atoms with Gasteiger partial charge in [0, 0.05) is 42.2 Å². The number of aromatic nitrogens is 3. The van der Waals surface area contributed by atoms with Crippen LogP contribution < -0.4 is 9.47 Å². The highest BCUT2D eigenvalue weighted by Crippen LogP contribution is 2.23. The Labute approximate surface area is 144 Å². The maximum Gasteiger partial charge on any atom is 0.270 e. The Kier molecular flexibility index (Phi) is 3.97. The minimum absolute atomic E-state index is 0.0274. The molecule has 2 aromatic heterocycles. The van der Waals surface area contributed by atoms with Crippen molar-refractivity contribution in [1.82, 2.24) is 20.1 Å². The summed E-state index contributed by atoms with van der Waals surface area (Å²) in [5.41, 5.74) is 1.46. The van der Waals surface area contributed by atoms with Gasteiger partial charge in [0.1, 0.15) is 17.5 Å². The number of likely N-dealkylation sites (tertiary alicyclic amines) is 1. The Hall–Kier alpha value is -3.09. The molecule has 0 radical (unpaired) electrons. The van der Waals surface area contributed by atoms with E-state index >= 15 is 0 Å². The quantitative estimate of drug-likeness (QED) is 0.789. The van der Waals surface area contributed by atoms with Gasteiger partial charge in [-0.25, -0.2) is 0 Å². The van der Waals surface area contributed by atoms with Crippen LogP contribution in [0, 0.1) is 0 Å². The lowest BCUT2D eigenvalue weighted by molar-refractivity contribution is 0.0766. The van der Waals surface area contributed by atoms with Gasteiger partial charge < -0.3 is 19.4 Å². The van der Waals surface area contributed by atoms with E-state index in [4.69, 9.17) is 9.47 Å². The van der Waals surface area contributed by atoms with Crippen molar-refractivity contribution in [2.24, 2.45) is 0 Å². The number of hydrogen-bond donors (Lipinski definition) is 1. The van der Waals surface area contributed by atoms with Crippen LogP contribution in [-0.2, 0) is 0 Å². The number of carbonyl (C=O) groups is 1. The molecule has 128 valence electrons. The number of aromatic amines is 1. The molecule has 25 heavy (non-hydrogen) atoms. The molecule has 0 spiro atoms. The topological polar surface area (TPSA) is 80.3 Å². The summed E-state index contributed by atoms with van der Waals surface area (Å²) >= 11 is 0. The fraction of sp³-hybridized carbons (Fsp3) is 0.278. The monoisotopic (exact) mass is 338 g/mol. The van der Waals surface area contributed by atoms with Crippen LogP contribution in [0.2, 0.25) is 0 Å². The number of carbonyl (C=O) groups excluding carboxylic acids is 1. The van der Waals surface area contributed by atoms with Crippen molar-refractivity contribution in [3.05, 3.63) is 48.3 Å². The highest BCUT2D eigenvalue weighted by Gasteiger charge is 2.29. The zero-order valence-electron chi connectivity index (χ0n) is 13.8. The number of nitrogens with one attached hydrogen (secondary N) is 1. The van der Waals surface area contributed by atoms with E-state index in [0.29, 0.717) is 24.7 Å². The third-order valence-corrected chi connectivity index (χ3v) is 4.33. The zero-order chi connectivity index (χ0) is 17.2. The molecule has 7 heteroatoms. The van der Waals surface area contributed by atoms with E-state index in [1.54, 1.807) is 30.3 Å². The Morgan fingerprint density at radius 2 is 2.24 bits per heavy atom. The molecule has 1 N–H and O–H groups in total. The third-order valence-electron chi connectivity index (χ3n) is 4.33. The lowest BCUT2D eigenvalue weighted by atomic mass is 10.2. The van der Waals surface area contributed by atoms with Crippen LogP contribution in [0.5, 0.6) is 11.6 Å². The summed E-state index contributed by atoms with van der Waals surface area (Å²) in [6.45, 7) is 1.19. The van der Waals surface area contributed by atoms with E-state index < -0.39 is 0 Å². The van der Waals surface area contributed by atoms with E-state index in [1.165, 1.54) is 0 Å². The molecular weight excluding hydrogens is 320 g/mol. The fourth-order valence-electron chi connectivity index (χ4n) is 3.05. The van der Waals surface area contributed by atoms with E-state index in [2.05, 4.69) is 15.2 Å². The zero-order valence-corrected chi connectivity index (χ0v) is 13.8. The van der Waals surface area contributed by atoms with Gasteiger partial charge in [-0.1, -0.05) is 0 Å². The lowest BCUT2D eigenvalue weighted by Gasteiger charge is -2.16. The second-order valence-electron chi connectivity index (χ2n) is 5.98. The van der Waals surface area contributed by atoms with Crippen LogP contribution in [0.4, 0.5) is 0 Å². The van der Waals surface area contributed by atoms with Gasteiger partial charge in [0.25, 0.3) is 5.91 Å². The molecule has 3 aromatic rings. The Balaban J connectivity index is 1.46. The smallest absolute Gasteiger partial charge is 0.270 e. The standard InChI is InChI=1S/C18H18N4O3/c1-24-13-5-4-12-9-16(20-15(12)10-13)18(23)22-8-6-14(11-22)25-17-3-2-7-19-21-17/h2-5,7,9-10,14,20H,6,8,11H2,1H3. The van der Waals surface area contributed by atoms with Gasteiger partial charge in [0.05, 0.1) is 13.7 Å². The summed E-state index contributed by atoms with van der Waals surface area (Å²) in [6.07, 6.45) is 2.31. The minimum Gasteiger partial charge on any atom is -0.497 e. The maximum absolute atomic E-state index is 12.7. The molecule has 1 saturated heterocycles. The Morgan fingerprint density at radius 3 is 3.04 bits per heavy atom. The number of ether oxygens (including phenoxy) is 2. The van der Waals surface area contributed by atoms with Gasteiger partial charge in [-0.2, -0.15) is 5.10 Å². The van der Waals surface area contributed by atoms with Crippen molar-refractivity contribution in [2.75, 3.05) is 20.2 Å². The number of nitrogens with zero attached hydrogens (tertiary/aromatic N) is 3. The summed E-state index contributed by atoms with van der Waals surface area (Å²) in [5, 5.41) is 8.70. The average molecular weight is 338 g/mol. The van der Waals surface area contributed by atoms with Crippen molar-refractivity contribution in [1.29, 1.82) is 0 Å². The van der Waals surface area contributed by atoms with E-state index in [-0.39, 0.29) is 12.0 Å². The first-order chi connectivity index (χ1) is 12.2. The number of methoxy groups -OCH3 is 1. The minimum atomic E-state index is -0.0647. The predicted octanol–water partition coefficient (Wildman–Crippen LogP) is 2.26. The molecule has 0 bridgehead atoms. The Bertz CT molecular complexity index is 894. The molecule has 1 amide bonds. The fourth-order valence-corrected chi connectivity index (χ4v) is 3.05. The number of amides is 1. The SMILES string of the molecule is COc1ccc2cc(C(=O)N3CCC(Oc4cccnn4)C3)[nH]c2c1. The van der Waals surface area contributed by atoms with Crippen LogP contribution in [0.1, 0.15) is 16.9 Å². The number of benzene rings is 1. The molecular formula is C18H18N4O3. The van der Waals surface area contributed by atoms with E-state index in [0.717, 1.165) is 23.1 Å². The van der Waals surface area contributed by atoms with E-state index in [1.807, 2.05) is 24.3 Å². The number of H-pyrrole nitrogens is 1. The first-order valence-electron chi connectivity index (χ1n) is 8.13. The highest BCUT2D eigenvalue weighted by atomic mass is 16.5. The van der Waals surface area contributed by atoms with Crippen LogP contribution in [-0.4, -0.2) is 52.3 Å². The molecule has 7 nitrogen and oxygen atoms in total. The molecule has 0 aliphatic carbocycles. The molecule has 4 rings (SSSR count). The molecule has 1 atom stereocenters. The number of rotatable bonds is 4. The summed E-state index contributed by atoms with van der Waals surface area (Å²) in [5.74, 6) is 1.21. The second-order valence-corrected chi connectivity index (χ2v) is 5.98. The number of fused-ring (bicyclic) bond motifs is 1. The first kappa shape index (κ1) is 15.4. The van der Waals surface area contributed by atoms with Gasteiger partial charge >= 0.3 is 0 Å². The summed E-state index contributed by atoms with van der Waals surface area (Å²) in [7, 11) is 1.62. The van der Waals surface area contributed by atoms with Crippen molar-refractivity contribution < 1.29 is 14.3 Å². The van der Waals surface area contributed by atoms with Gasteiger partial charge in [-0.15, -0.1) is 5.10 Å². The Morgan fingerprint density at radius 1 is 1.32 bits per heavy atom. The summed E-state index contributed by atoms with van der Waals surface area (Å²) in [6, 6.07) is 11.1. The van der Waals surface area contributed by atoms with Crippen LogP contribution in [0.15, 0.2) is 42.6 Å². The molecule has 0 saturated carbocycles. The van der Waals surface area contributed by atoms with Crippen LogP contribution in [0.3, 0.4) is 0 Å². The van der Waals surface area contributed by atoms with Crippen LogP contribution >= 0.6 is 0 Å². The van der Waals surface area contributed by atoms with Crippen molar-refractivity contribution in [3.63, 3.8) is 0 Å². The van der Waals surface area contributed by atoms with Gasteiger partial charge in [0.15, 0.2) is 0 Å². The lowest BCUT2D eigenvalue weighted by Crippen LogP contribution is -2.31. The average Bonchev–Trinajstić information content (AvgIpc) is 3.28. The van der Waals surface area contributed by atoms with Gasteiger partial charge in [-0.3, -0.25) is 4.79 Å². The molecule has 1 aromatic carbocycles. The summed E-state index contributed by atoms with van der Waals surface area (Å²) < 4.78 is 11.0. The molecule has 1 unspecified atom stereocenters. The largest absolute Gasteiger partial charge is 0.497 e. The maximum atomic E-state index is 12.7. The van der Waals surface area contributed by atoms with Crippen LogP contribution in [0.25, 0.3) is 10.9 Å².